The molecule has 1 aliphatic rings. The molecule has 0 aliphatic carbocycles. The number of nitrogens with one attached hydrogen (secondary N) is 1. The van der Waals surface area contributed by atoms with E-state index in [4.69, 9.17) is 11.6 Å². The van der Waals surface area contributed by atoms with Crippen molar-refractivity contribution in [3.8, 4) is 0 Å². The number of benzene rings is 2. The van der Waals surface area contributed by atoms with Crippen LogP contribution in [0.3, 0.4) is 0 Å². The zero-order valence-electron chi connectivity index (χ0n) is 17.7. The summed E-state index contributed by atoms with van der Waals surface area (Å²) >= 11 is 6.12. The number of carbonyl (C=O) groups is 2. The lowest BCUT2D eigenvalue weighted by atomic mass is 9.86. The van der Waals surface area contributed by atoms with Crippen LogP contribution < -0.4 is 10.2 Å². The summed E-state index contributed by atoms with van der Waals surface area (Å²) in [5.41, 5.74) is 1.60. The standard InChI is InChI=1S/C23H27ClFN3O2/c1-23(2)18-13-16(24)7-10-20(18)28(22(23)30)14-21(29)26-19(11-12-27(3)4)15-5-8-17(25)9-6-15/h5-10,13,19H,11-12,14H2,1-4H3,(H,26,29). The van der Waals surface area contributed by atoms with E-state index in [0.29, 0.717) is 17.1 Å². The Balaban J connectivity index is 1.78. The Hall–Kier alpha value is -2.44. The fourth-order valence-electron chi connectivity index (χ4n) is 3.75. The minimum absolute atomic E-state index is 0.0868. The smallest absolute Gasteiger partial charge is 0.240 e. The molecule has 3 rings (SSSR count). The second-order valence-corrected chi connectivity index (χ2v) is 8.88. The molecule has 1 unspecified atom stereocenters. The lowest BCUT2D eigenvalue weighted by Crippen LogP contribution is -2.44. The average Bonchev–Trinajstić information content (AvgIpc) is 2.86. The average molecular weight is 432 g/mol. The highest BCUT2D eigenvalue weighted by Crippen LogP contribution is 2.42. The molecule has 7 heteroatoms. The summed E-state index contributed by atoms with van der Waals surface area (Å²) in [6.45, 7) is 4.33. The molecule has 1 heterocycles. The molecular formula is C23H27ClFN3O2. The van der Waals surface area contributed by atoms with Crippen molar-refractivity contribution in [1.29, 1.82) is 0 Å². The van der Waals surface area contributed by atoms with Gasteiger partial charge in [-0.05, 0) is 82.4 Å². The highest BCUT2D eigenvalue weighted by Gasteiger charge is 2.44. The molecule has 1 N–H and O–H groups in total. The number of rotatable bonds is 7. The number of hydrogen-bond donors (Lipinski definition) is 1. The molecule has 30 heavy (non-hydrogen) atoms. The van der Waals surface area contributed by atoms with Crippen LogP contribution in [0.25, 0.3) is 0 Å². The Morgan fingerprint density at radius 2 is 1.87 bits per heavy atom. The molecule has 5 nitrogen and oxygen atoms in total. The van der Waals surface area contributed by atoms with Gasteiger partial charge in [0, 0.05) is 10.7 Å². The first-order chi connectivity index (χ1) is 14.1. The maximum Gasteiger partial charge on any atom is 0.240 e. The first kappa shape index (κ1) is 22.2. The molecule has 0 radical (unpaired) electrons. The van der Waals surface area contributed by atoms with Crippen molar-refractivity contribution < 1.29 is 14.0 Å². The van der Waals surface area contributed by atoms with E-state index in [0.717, 1.165) is 17.7 Å². The fraction of sp³-hybridized carbons (Fsp3) is 0.391. The second kappa shape index (κ2) is 8.74. The minimum Gasteiger partial charge on any atom is -0.348 e. The predicted molar refractivity (Wildman–Crippen MR) is 117 cm³/mol. The maximum atomic E-state index is 13.3. The van der Waals surface area contributed by atoms with Crippen molar-refractivity contribution in [2.24, 2.45) is 0 Å². The molecule has 0 fully saturated rings. The van der Waals surface area contributed by atoms with Gasteiger partial charge >= 0.3 is 0 Å². The van der Waals surface area contributed by atoms with Crippen LogP contribution >= 0.6 is 11.6 Å². The number of hydrogen-bond acceptors (Lipinski definition) is 3. The van der Waals surface area contributed by atoms with Crippen LogP contribution in [-0.4, -0.2) is 43.9 Å². The van der Waals surface area contributed by atoms with Crippen LogP contribution in [0.4, 0.5) is 10.1 Å². The lowest BCUT2D eigenvalue weighted by molar-refractivity contribution is -0.126. The molecule has 1 aliphatic heterocycles. The van der Waals surface area contributed by atoms with Crippen molar-refractivity contribution in [2.45, 2.75) is 31.7 Å². The highest BCUT2D eigenvalue weighted by atomic mass is 35.5. The van der Waals surface area contributed by atoms with Crippen LogP contribution in [0.15, 0.2) is 42.5 Å². The Morgan fingerprint density at radius 3 is 2.50 bits per heavy atom. The van der Waals surface area contributed by atoms with Gasteiger partial charge in [-0.25, -0.2) is 4.39 Å². The number of halogens is 2. The van der Waals surface area contributed by atoms with Crippen molar-refractivity contribution >= 4 is 29.1 Å². The van der Waals surface area contributed by atoms with Crippen molar-refractivity contribution in [3.63, 3.8) is 0 Å². The van der Waals surface area contributed by atoms with Gasteiger partial charge in [-0.1, -0.05) is 23.7 Å². The van der Waals surface area contributed by atoms with E-state index >= 15 is 0 Å². The predicted octanol–water partition coefficient (Wildman–Crippen LogP) is 3.91. The van der Waals surface area contributed by atoms with E-state index in [1.54, 1.807) is 30.3 Å². The van der Waals surface area contributed by atoms with Crippen LogP contribution in [0, 0.1) is 5.82 Å². The number of carbonyl (C=O) groups excluding carboxylic acids is 2. The molecule has 2 aromatic rings. The number of fused-ring (bicyclic) bond motifs is 1. The largest absolute Gasteiger partial charge is 0.348 e. The summed E-state index contributed by atoms with van der Waals surface area (Å²) in [5.74, 6) is -0.729. The van der Waals surface area contributed by atoms with E-state index < -0.39 is 5.41 Å². The third kappa shape index (κ3) is 4.65. The van der Waals surface area contributed by atoms with E-state index in [1.165, 1.54) is 17.0 Å². The van der Waals surface area contributed by atoms with Gasteiger partial charge in [0.05, 0.1) is 11.5 Å². The fourth-order valence-corrected chi connectivity index (χ4v) is 3.92. The number of amides is 2. The topological polar surface area (TPSA) is 52.7 Å². The SMILES string of the molecule is CN(C)CCC(NC(=O)CN1C(=O)C(C)(C)c2cc(Cl)ccc21)c1ccc(F)cc1. The highest BCUT2D eigenvalue weighted by molar-refractivity contribution is 6.31. The summed E-state index contributed by atoms with van der Waals surface area (Å²) in [7, 11) is 3.91. The Kier molecular flexibility index (Phi) is 6.48. The van der Waals surface area contributed by atoms with Crippen molar-refractivity contribution in [2.75, 3.05) is 32.1 Å². The summed E-state index contributed by atoms with van der Waals surface area (Å²) < 4.78 is 13.3. The van der Waals surface area contributed by atoms with Gasteiger partial charge in [0.2, 0.25) is 11.8 Å². The zero-order chi connectivity index (χ0) is 22.1. The summed E-state index contributed by atoms with van der Waals surface area (Å²) in [4.78, 5) is 29.4. The normalized spacial score (nSPS) is 16.0. The number of nitrogens with zero attached hydrogens (tertiary/aromatic N) is 2. The van der Waals surface area contributed by atoms with Crippen LogP contribution in [0.5, 0.6) is 0 Å². The molecule has 0 saturated heterocycles. The third-order valence-corrected chi connectivity index (χ3v) is 5.71. The minimum atomic E-state index is -0.748. The lowest BCUT2D eigenvalue weighted by Gasteiger charge is -2.24. The molecule has 2 amide bonds. The molecule has 1 atom stereocenters. The van der Waals surface area contributed by atoms with E-state index in [2.05, 4.69) is 5.32 Å². The first-order valence-corrected chi connectivity index (χ1v) is 10.3. The van der Waals surface area contributed by atoms with E-state index in [1.807, 2.05) is 32.8 Å². The molecule has 160 valence electrons. The van der Waals surface area contributed by atoms with Gasteiger partial charge in [-0.3, -0.25) is 9.59 Å². The molecular weight excluding hydrogens is 405 g/mol. The van der Waals surface area contributed by atoms with Gasteiger partial charge in [0.15, 0.2) is 0 Å². The Morgan fingerprint density at radius 1 is 1.20 bits per heavy atom. The van der Waals surface area contributed by atoms with Gasteiger partial charge in [0.1, 0.15) is 12.4 Å². The van der Waals surface area contributed by atoms with E-state index in [9.17, 15) is 14.0 Å². The maximum absolute atomic E-state index is 13.3. The molecule has 0 bridgehead atoms. The van der Waals surface area contributed by atoms with Crippen molar-refractivity contribution in [3.05, 3.63) is 64.4 Å². The Labute approximate surface area is 181 Å². The molecule has 2 aromatic carbocycles. The monoisotopic (exact) mass is 431 g/mol. The first-order valence-electron chi connectivity index (χ1n) is 9.91. The van der Waals surface area contributed by atoms with Gasteiger partial charge in [0.25, 0.3) is 0 Å². The quantitative estimate of drug-likeness (QED) is 0.723. The number of anilines is 1. The zero-order valence-corrected chi connectivity index (χ0v) is 18.5. The Bertz CT molecular complexity index is 944. The summed E-state index contributed by atoms with van der Waals surface area (Å²) in [6, 6.07) is 11.1. The summed E-state index contributed by atoms with van der Waals surface area (Å²) in [5, 5.41) is 3.57. The van der Waals surface area contributed by atoms with Gasteiger partial charge in [-0.2, -0.15) is 0 Å². The third-order valence-electron chi connectivity index (χ3n) is 5.48. The summed E-state index contributed by atoms with van der Waals surface area (Å²) in [6.07, 6.45) is 0.663. The van der Waals surface area contributed by atoms with Crippen LogP contribution in [0.2, 0.25) is 5.02 Å². The second-order valence-electron chi connectivity index (χ2n) is 8.44. The van der Waals surface area contributed by atoms with E-state index in [-0.39, 0.29) is 30.2 Å². The van der Waals surface area contributed by atoms with Gasteiger partial charge in [-0.15, -0.1) is 0 Å². The molecule has 0 saturated carbocycles. The molecule has 0 aromatic heterocycles. The van der Waals surface area contributed by atoms with Gasteiger partial charge < -0.3 is 15.1 Å². The van der Waals surface area contributed by atoms with Crippen molar-refractivity contribution in [1.82, 2.24) is 10.2 Å². The van der Waals surface area contributed by atoms with Crippen LogP contribution in [-0.2, 0) is 15.0 Å². The molecule has 0 spiro atoms. The van der Waals surface area contributed by atoms with Crippen LogP contribution in [0.1, 0.15) is 37.4 Å².